The average Bonchev–Trinajstić information content (AvgIpc) is 2.27. The molecule has 0 aliphatic carbocycles. The van der Waals surface area contributed by atoms with E-state index in [9.17, 15) is 4.79 Å². The highest BCUT2D eigenvalue weighted by Gasteiger charge is 2.08. The van der Waals surface area contributed by atoms with Gasteiger partial charge in [-0.25, -0.2) is 0 Å². The third-order valence-corrected chi connectivity index (χ3v) is 2.16. The van der Waals surface area contributed by atoms with Gasteiger partial charge in [0, 0.05) is 5.56 Å². The molecule has 0 saturated carbocycles. The number of allylic oxidation sites excluding steroid dienone is 1. The lowest BCUT2D eigenvalue weighted by Crippen LogP contribution is -1.95. The van der Waals surface area contributed by atoms with Crippen molar-refractivity contribution in [1.82, 2.24) is 0 Å². The number of hydrogen-bond acceptors (Lipinski definition) is 3. The maximum absolute atomic E-state index is 11.0. The van der Waals surface area contributed by atoms with Crippen LogP contribution in [0, 0.1) is 0 Å². The van der Waals surface area contributed by atoms with Gasteiger partial charge in [0.25, 0.3) is 0 Å². The first kappa shape index (κ1) is 12.3. The van der Waals surface area contributed by atoms with Crippen molar-refractivity contribution >= 4 is 12.4 Å². The summed E-state index contributed by atoms with van der Waals surface area (Å²) < 4.78 is 10.3. The van der Waals surface area contributed by atoms with Crippen LogP contribution < -0.4 is 9.47 Å². The van der Waals surface area contributed by atoms with Crippen LogP contribution in [0.1, 0.15) is 29.8 Å². The largest absolute Gasteiger partial charge is 0.493 e. The number of carbonyl (C=O) groups excluding carboxylic acids is 1. The summed E-state index contributed by atoms with van der Waals surface area (Å²) in [6.45, 7) is 3.95. The Kier molecular flexibility index (Phi) is 4.11. The first-order chi connectivity index (χ1) is 7.62. The van der Waals surface area contributed by atoms with E-state index in [0.717, 1.165) is 17.4 Å². The molecule has 0 radical (unpaired) electrons. The molecule has 0 aliphatic heterocycles. The second-order valence-electron chi connectivity index (χ2n) is 3.68. The van der Waals surface area contributed by atoms with Gasteiger partial charge in [-0.2, -0.15) is 0 Å². The van der Waals surface area contributed by atoms with Crippen molar-refractivity contribution in [1.29, 1.82) is 0 Å². The van der Waals surface area contributed by atoms with Gasteiger partial charge in [0.2, 0.25) is 0 Å². The molecule has 0 aromatic heterocycles. The molecular formula is C13H16O3. The molecule has 0 amide bonds. The zero-order valence-electron chi connectivity index (χ0n) is 10.0. The maximum atomic E-state index is 11.0. The number of rotatable bonds is 4. The van der Waals surface area contributed by atoms with Crippen LogP contribution in [0.5, 0.6) is 11.5 Å². The minimum atomic E-state index is 0.565. The standard InChI is InChI=1S/C13H16O3/c1-9(2)5-10-6-12(15-3)13(16-4)7-11(10)8-14/h5-8H,1-4H3. The lowest BCUT2D eigenvalue weighted by molar-refractivity contribution is 0.112. The van der Waals surface area contributed by atoms with Crippen molar-refractivity contribution in [2.24, 2.45) is 0 Å². The predicted molar refractivity (Wildman–Crippen MR) is 64.3 cm³/mol. The molecule has 86 valence electrons. The van der Waals surface area contributed by atoms with Gasteiger partial charge in [-0.3, -0.25) is 4.79 Å². The van der Waals surface area contributed by atoms with E-state index < -0.39 is 0 Å². The molecule has 0 atom stereocenters. The smallest absolute Gasteiger partial charge is 0.161 e. The molecular weight excluding hydrogens is 204 g/mol. The van der Waals surface area contributed by atoms with E-state index in [1.54, 1.807) is 26.4 Å². The van der Waals surface area contributed by atoms with Gasteiger partial charge in [-0.1, -0.05) is 11.6 Å². The molecule has 1 rings (SSSR count). The summed E-state index contributed by atoms with van der Waals surface area (Å²) in [6.07, 6.45) is 2.75. The van der Waals surface area contributed by atoms with Crippen LogP contribution in [0.2, 0.25) is 0 Å². The van der Waals surface area contributed by atoms with Gasteiger partial charge in [-0.05, 0) is 31.5 Å². The van der Waals surface area contributed by atoms with Gasteiger partial charge >= 0.3 is 0 Å². The van der Waals surface area contributed by atoms with E-state index >= 15 is 0 Å². The zero-order chi connectivity index (χ0) is 12.1. The molecule has 1 aromatic rings. The molecule has 0 fully saturated rings. The Balaban J connectivity index is 3.37. The lowest BCUT2D eigenvalue weighted by Gasteiger charge is -2.10. The summed E-state index contributed by atoms with van der Waals surface area (Å²) in [5.74, 6) is 1.19. The first-order valence-electron chi connectivity index (χ1n) is 4.98. The fourth-order valence-electron chi connectivity index (χ4n) is 1.45. The summed E-state index contributed by atoms with van der Waals surface area (Å²) in [5.41, 5.74) is 2.56. The molecule has 0 unspecified atom stereocenters. The second kappa shape index (κ2) is 5.35. The molecule has 0 N–H and O–H groups in total. The van der Waals surface area contributed by atoms with E-state index in [0.29, 0.717) is 17.1 Å². The third kappa shape index (κ3) is 2.63. The fourth-order valence-corrected chi connectivity index (χ4v) is 1.45. The van der Waals surface area contributed by atoms with Crippen molar-refractivity contribution in [3.63, 3.8) is 0 Å². The van der Waals surface area contributed by atoms with Crippen LogP contribution >= 0.6 is 0 Å². The molecule has 3 heteroatoms. The lowest BCUT2D eigenvalue weighted by atomic mass is 10.1. The summed E-state index contributed by atoms with van der Waals surface area (Å²) in [6, 6.07) is 3.48. The van der Waals surface area contributed by atoms with Crippen molar-refractivity contribution in [3.05, 3.63) is 28.8 Å². The van der Waals surface area contributed by atoms with E-state index in [1.807, 2.05) is 19.9 Å². The normalized spacial score (nSPS) is 9.50. The van der Waals surface area contributed by atoms with E-state index in [1.165, 1.54) is 0 Å². The topological polar surface area (TPSA) is 35.5 Å². The number of aldehydes is 1. The van der Waals surface area contributed by atoms with Crippen LogP contribution in [0.3, 0.4) is 0 Å². The summed E-state index contributed by atoms with van der Waals surface area (Å²) in [5, 5.41) is 0. The fraction of sp³-hybridized carbons (Fsp3) is 0.308. The van der Waals surface area contributed by atoms with Gasteiger partial charge in [0.15, 0.2) is 17.8 Å². The van der Waals surface area contributed by atoms with Crippen molar-refractivity contribution < 1.29 is 14.3 Å². The van der Waals surface area contributed by atoms with Gasteiger partial charge in [0.1, 0.15) is 0 Å². The van der Waals surface area contributed by atoms with Crippen LogP contribution in [0.15, 0.2) is 17.7 Å². The number of benzene rings is 1. The van der Waals surface area contributed by atoms with Crippen molar-refractivity contribution in [2.75, 3.05) is 14.2 Å². The molecule has 0 saturated heterocycles. The molecule has 0 aliphatic rings. The minimum absolute atomic E-state index is 0.565. The Morgan fingerprint density at radius 2 is 1.56 bits per heavy atom. The number of hydrogen-bond donors (Lipinski definition) is 0. The zero-order valence-corrected chi connectivity index (χ0v) is 10.0. The van der Waals surface area contributed by atoms with Crippen LogP contribution in [-0.4, -0.2) is 20.5 Å². The van der Waals surface area contributed by atoms with Gasteiger partial charge < -0.3 is 9.47 Å². The predicted octanol–water partition coefficient (Wildman–Crippen LogP) is 2.94. The van der Waals surface area contributed by atoms with E-state index in [2.05, 4.69) is 0 Å². The maximum Gasteiger partial charge on any atom is 0.161 e. The van der Waals surface area contributed by atoms with Gasteiger partial charge in [0.05, 0.1) is 14.2 Å². The Labute approximate surface area is 95.7 Å². The van der Waals surface area contributed by atoms with Crippen LogP contribution in [-0.2, 0) is 0 Å². The molecule has 16 heavy (non-hydrogen) atoms. The quantitative estimate of drug-likeness (QED) is 0.732. The molecule has 0 heterocycles. The Bertz CT molecular complexity index is 415. The first-order valence-corrected chi connectivity index (χ1v) is 4.98. The molecule has 1 aromatic carbocycles. The second-order valence-corrected chi connectivity index (χ2v) is 3.68. The Morgan fingerprint density at radius 3 is 1.94 bits per heavy atom. The van der Waals surface area contributed by atoms with Crippen molar-refractivity contribution in [3.8, 4) is 11.5 Å². The number of carbonyl (C=O) groups is 1. The molecule has 0 spiro atoms. The molecule has 3 nitrogen and oxygen atoms in total. The summed E-state index contributed by atoms with van der Waals surface area (Å²) in [4.78, 5) is 11.0. The Morgan fingerprint density at radius 1 is 1.06 bits per heavy atom. The average molecular weight is 220 g/mol. The van der Waals surface area contributed by atoms with Crippen LogP contribution in [0.4, 0.5) is 0 Å². The minimum Gasteiger partial charge on any atom is -0.493 e. The summed E-state index contributed by atoms with van der Waals surface area (Å²) >= 11 is 0. The van der Waals surface area contributed by atoms with Crippen LogP contribution in [0.25, 0.3) is 6.08 Å². The Hall–Kier alpha value is -1.77. The highest BCUT2D eigenvalue weighted by molar-refractivity contribution is 5.84. The number of ether oxygens (including phenoxy) is 2. The molecule has 0 bridgehead atoms. The van der Waals surface area contributed by atoms with Gasteiger partial charge in [-0.15, -0.1) is 0 Å². The van der Waals surface area contributed by atoms with E-state index in [-0.39, 0.29) is 0 Å². The van der Waals surface area contributed by atoms with Crippen molar-refractivity contribution in [2.45, 2.75) is 13.8 Å². The van der Waals surface area contributed by atoms with E-state index in [4.69, 9.17) is 9.47 Å². The highest BCUT2D eigenvalue weighted by Crippen LogP contribution is 2.30. The number of methoxy groups -OCH3 is 2. The summed E-state index contributed by atoms with van der Waals surface area (Å²) in [7, 11) is 3.12. The third-order valence-electron chi connectivity index (χ3n) is 2.16. The monoisotopic (exact) mass is 220 g/mol. The SMILES string of the molecule is COc1cc(C=O)c(C=C(C)C)cc1OC. The highest BCUT2D eigenvalue weighted by atomic mass is 16.5.